The first-order chi connectivity index (χ1) is 16.9. The number of piperidine rings is 1. The number of nitrogens with zero attached hydrogens (tertiary/aromatic N) is 2. The smallest absolute Gasteiger partial charge is 0.264 e. The summed E-state index contributed by atoms with van der Waals surface area (Å²) < 4.78 is 42.0. The number of hydrogen-bond acceptors (Lipinski definition) is 4. The van der Waals surface area contributed by atoms with Gasteiger partial charge >= 0.3 is 0 Å². The van der Waals surface area contributed by atoms with Crippen molar-refractivity contribution in [3.8, 4) is 0 Å². The summed E-state index contributed by atoms with van der Waals surface area (Å²) in [4.78, 5) is 15.3. The molecule has 0 saturated carbocycles. The number of amides is 1. The molecule has 6 nitrogen and oxygen atoms in total. The van der Waals surface area contributed by atoms with Gasteiger partial charge in [-0.3, -0.25) is 14.0 Å². The number of benzene rings is 3. The van der Waals surface area contributed by atoms with E-state index in [1.807, 2.05) is 12.1 Å². The van der Waals surface area contributed by atoms with E-state index in [4.69, 9.17) is 0 Å². The molecule has 1 aliphatic heterocycles. The van der Waals surface area contributed by atoms with Crippen LogP contribution in [0, 0.1) is 5.82 Å². The molecule has 4 rings (SSSR count). The molecule has 3 aromatic carbocycles. The molecule has 1 heterocycles. The quantitative estimate of drug-likeness (QED) is 0.480. The van der Waals surface area contributed by atoms with Crippen LogP contribution in [0.3, 0.4) is 0 Å². The minimum absolute atomic E-state index is 0.0125. The van der Waals surface area contributed by atoms with Gasteiger partial charge < -0.3 is 5.32 Å². The highest BCUT2D eigenvalue weighted by molar-refractivity contribution is 7.92. The van der Waals surface area contributed by atoms with E-state index in [-0.39, 0.29) is 17.1 Å². The lowest BCUT2D eigenvalue weighted by molar-refractivity contribution is -0.119. The molecule has 184 valence electrons. The molecular weight excluding hydrogens is 465 g/mol. The van der Waals surface area contributed by atoms with E-state index >= 15 is 0 Å². The number of rotatable bonds is 9. The molecule has 0 radical (unpaired) electrons. The molecule has 1 N–H and O–H groups in total. The molecule has 0 bridgehead atoms. The number of sulfonamides is 1. The largest absolute Gasteiger partial charge is 0.350 e. The first-order valence-electron chi connectivity index (χ1n) is 11.8. The van der Waals surface area contributed by atoms with Crippen LogP contribution in [0.2, 0.25) is 0 Å². The fourth-order valence-corrected chi connectivity index (χ4v) is 5.72. The van der Waals surface area contributed by atoms with Gasteiger partial charge in [0, 0.05) is 13.1 Å². The lowest BCUT2D eigenvalue weighted by Gasteiger charge is -2.26. The van der Waals surface area contributed by atoms with Crippen molar-refractivity contribution in [3.63, 3.8) is 0 Å². The lowest BCUT2D eigenvalue weighted by atomic mass is 10.1. The number of hydrogen-bond donors (Lipinski definition) is 1. The van der Waals surface area contributed by atoms with Crippen LogP contribution in [0.4, 0.5) is 10.1 Å². The van der Waals surface area contributed by atoms with Crippen LogP contribution in [-0.4, -0.2) is 38.9 Å². The van der Waals surface area contributed by atoms with Crippen molar-refractivity contribution >= 4 is 21.6 Å². The number of para-hydroxylation sites is 1. The molecule has 1 fully saturated rings. The highest BCUT2D eigenvalue weighted by atomic mass is 32.2. The Kier molecular flexibility index (Phi) is 8.15. The monoisotopic (exact) mass is 495 g/mol. The third kappa shape index (κ3) is 6.46. The van der Waals surface area contributed by atoms with Crippen molar-refractivity contribution in [1.82, 2.24) is 10.2 Å². The van der Waals surface area contributed by atoms with Crippen molar-refractivity contribution in [2.45, 2.75) is 37.2 Å². The van der Waals surface area contributed by atoms with Crippen LogP contribution in [-0.2, 0) is 27.9 Å². The molecule has 1 amide bonds. The summed E-state index contributed by atoms with van der Waals surface area (Å²) in [6.07, 6.45) is 3.73. The van der Waals surface area contributed by atoms with Crippen LogP contribution in [0.15, 0.2) is 83.8 Å². The Morgan fingerprint density at radius 3 is 2.31 bits per heavy atom. The maximum Gasteiger partial charge on any atom is 0.264 e. The number of carbonyl (C=O) groups is 1. The Labute approximate surface area is 206 Å². The first kappa shape index (κ1) is 24.9. The standard InChI is InChI=1S/C27H30FN3O3S/c28-25-14-5-6-15-26(25)31(35(33,34)24-12-3-1-4-13-24)21-27(32)29-19-22-10-9-11-23(18-22)20-30-16-7-2-8-17-30/h1,3-6,9-15,18H,2,7-8,16-17,19-21H2,(H,29,32). The normalized spacial score (nSPS) is 14.4. The number of carbonyl (C=O) groups excluding carboxylic acids is 1. The second-order valence-electron chi connectivity index (χ2n) is 8.71. The van der Waals surface area contributed by atoms with Crippen molar-refractivity contribution in [3.05, 3.63) is 95.8 Å². The van der Waals surface area contributed by atoms with Gasteiger partial charge in [0.1, 0.15) is 12.4 Å². The highest BCUT2D eigenvalue weighted by Gasteiger charge is 2.29. The van der Waals surface area contributed by atoms with Crippen LogP contribution in [0.25, 0.3) is 0 Å². The fourth-order valence-electron chi connectivity index (χ4n) is 4.27. The molecule has 0 aromatic heterocycles. The van der Waals surface area contributed by atoms with Gasteiger partial charge in [-0.2, -0.15) is 0 Å². The van der Waals surface area contributed by atoms with E-state index in [1.165, 1.54) is 61.2 Å². The van der Waals surface area contributed by atoms with Gasteiger partial charge in [0.15, 0.2) is 0 Å². The molecule has 3 aromatic rings. The summed E-state index contributed by atoms with van der Waals surface area (Å²) in [5.74, 6) is -1.24. The van der Waals surface area contributed by atoms with Gasteiger partial charge in [0.25, 0.3) is 10.0 Å². The lowest BCUT2D eigenvalue weighted by Crippen LogP contribution is -2.41. The van der Waals surface area contributed by atoms with Gasteiger partial charge in [-0.25, -0.2) is 12.8 Å². The minimum atomic E-state index is -4.15. The van der Waals surface area contributed by atoms with Crippen LogP contribution < -0.4 is 9.62 Å². The van der Waals surface area contributed by atoms with E-state index in [2.05, 4.69) is 22.3 Å². The zero-order valence-corrected chi connectivity index (χ0v) is 20.4. The summed E-state index contributed by atoms with van der Waals surface area (Å²) in [6.45, 7) is 2.79. The zero-order chi connectivity index (χ0) is 24.7. The molecular formula is C27H30FN3O3S. The Hall–Kier alpha value is -3.23. The van der Waals surface area contributed by atoms with E-state index in [0.29, 0.717) is 0 Å². The minimum Gasteiger partial charge on any atom is -0.350 e. The zero-order valence-electron chi connectivity index (χ0n) is 19.6. The fraction of sp³-hybridized carbons (Fsp3) is 0.296. The number of nitrogens with one attached hydrogen (secondary N) is 1. The maximum atomic E-state index is 14.6. The second-order valence-corrected chi connectivity index (χ2v) is 10.6. The van der Waals surface area contributed by atoms with Gasteiger partial charge in [-0.05, 0) is 61.3 Å². The Morgan fingerprint density at radius 1 is 0.886 bits per heavy atom. The topological polar surface area (TPSA) is 69.7 Å². The predicted octanol–water partition coefficient (Wildman–Crippen LogP) is 4.32. The van der Waals surface area contributed by atoms with Crippen molar-refractivity contribution in [2.24, 2.45) is 0 Å². The van der Waals surface area contributed by atoms with Crippen molar-refractivity contribution in [1.29, 1.82) is 0 Å². The summed E-state index contributed by atoms with van der Waals surface area (Å²) in [7, 11) is -4.15. The van der Waals surface area contributed by atoms with Gasteiger partial charge in [-0.15, -0.1) is 0 Å². The van der Waals surface area contributed by atoms with E-state index in [9.17, 15) is 17.6 Å². The van der Waals surface area contributed by atoms with E-state index < -0.39 is 28.3 Å². The Morgan fingerprint density at radius 2 is 1.57 bits per heavy atom. The molecule has 0 atom stereocenters. The van der Waals surface area contributed by atoms with E-state index in [0.717, 1.165) is 29.5 Å². The van der Waals surface area contributed by atoms with Crippen LogP contribution in [0.1, 0.15) is 30.4 Å². The molecule has 1 aliphatic rings. The second kappa shape index (κ2) is 11.5. The molecule has 0 spiro atoms. The summed E-state index contributed by atoms with van der Waals surface area (Å²) in [5, 5.41) is 2.79. The van der Waals surface area contributed by atoms with Crippen molar-refractivity contribution < 1.29 is 17.6 Å². The molecule has 8 heteroatoms. The molecule has 1 saturated heterocycles. The Balaban J connectivity index is 1.46. The van der Waals surface area contributed by atoms with Crippen LogP contribution >= 0.6 is 0 Å². The SMILES string of the molecule is O=C(CN(c1ccccc1F)S(=O)(=O)c1ccccc1)NCc1cccc(CN2CCCCC2)c1. The predicted molar refractivity (Wildman–Crippen MR) is 135 cm³/mol. The van der Waals surface area contributed by atoms with Gasteiger partial charge in [-0.1, -0.05) is 61.0 Å². The number of anilines is 1. The van der Waals surface area contributed by atoms with E-state index in [1.54, 1.807) is 18.2 Å². The number of halogens is 1. The molecule has 0 unspecified atom stereocenters. The summed E-state index contributed by atoms with van der Waals surface area (Å²) in [6, 6.07) is 21.3. The van der Waals surface area contributed by atoms with Crippen molar-refractivity contribution in [2.75, 3.05) is 23.9 Å². The van der Waals surface area contributed by atoms with Crippen LogP contribution in [0.5, 0.6) is 0 Å². The maximum absolute atomic E-state index is 14.6. The summed E-state index contributed by atoms with van der Waals surface area (Å²) >= 11 is 0. The van der Waals surface area contributed by atoms with Gasteiger partial charge in [0.05, 0.1) is 10.6 Å². The third-order valence-corrected chi connectivity index (χ3v) is 7.85. The molecule has 35 heavy (non-hydrogen) atoms. The summed E-state index contributed by atoms with van der Waals surface area (Å²) in [5.41, 5.74) is 1.93. The third-order valence-electron chi connectivity index (χ3n) is 6.08. The highest BCUT2D eigenvalue weighted by Crippen LogP contribution is 2.26. The number of likely N-dealkylation sites (tertiary alicyclic amines) is 1. The first-order valence-corrected chi connectivity index (χ1v) is 13.3. The van der Waals surface area contributed by atoms with Gasteiger partial charge in [0.2, 0.25) is 5.91 Å². The Bertz CT molecular complexity index is 1250. The average molecular weight is 496 g/mol. The molecule has 0 aliphatic carbocycles. The average Bonchev–Trinajstić information content (AvgIpc) is 2.88.